The third kappa shape index (κ3) is 4.75. The van der Waals surface area contributed by atoms with E-state index in [4.69, 9.17) is 0 Å². The Kier molecular flexibility index (Phi) is 5.87. The van der Waals surface area contributed by atoms with Crippen LogP contribution in [0, 0.1) is 17.5 Å². The van der Waals surface area contributed by atoms with E-state index in [0.29, 0.717) is 16.7 Å². The zero-order valence-electron chi connectivity index (χ0n) is 18.2. The number of aromatic amines is 1. The molecule has 2 amide bonds. The van der Waals surface area contributed by atoms with Crippen molar-refractivity contribution >= 4 is 34.2 Å². The lowest BCUT2D eigenvalue weighted by molar-refractivity contribution is 0.103. The van der Waals surface area contributed by atoms with Gasteiger partial charge in [0.05, 0.1) is 29.1 Å². The number of H-pyrrole nitrogens is 1. The maximum atomic E-state index is 14.3. The first-order valence-electron chi connectivity index (χ1n) is 10.5. The molecule has 2 heterocycles. The van der Waals surface area contributed by atoms with Gasteiger partial charge in [0.1, 0.15) is 5.82 Å². The molecule has 0 aliphatic heterocycles. The number of halogens is 3. The summed E-state index contributed by atoms with van der Waals surface area (Å²) >= 11 is 0. The maximum Gasteiger partial charge on any atom is 0.323 e. The number of amides is 2. The standard InChI is InChI=1S/C25H15F3N6O2/c26-16-5-14(6-18(8-16)33-25(36)32-17-2-3-19(27)20(28)9-17)24(35)13-1-4-21-22(7-13)34-23(12-29-21)15-10-30-31-11-15/h1-12H,(H,30,31)(H2,32,33,36). The summed E-state index contributed by atoms with van der Waals surface area (Å²) in [6, 6.07) is 10.1. The molecule has 0 radical (unpaired) electrons. The summed E-state index contributed by atoms with van der Waals surface area (Å²) in [6.07, 6.45) is 4.84. The van der Waals surface area contributed by atoms with Crippen molar-refractivity contribution in [2.45, 2.75) is 0 Å². The number of carbonyl (C=O) groups is 2. The Morgan fingerprint density at radius 1 is 0.778 bits per heavy atom. The van der Waals surface area contributed by atoms with Crippen LogP contribution in [-0.4, -0.2) is 32.0 Å². The van der Waals surface area contributed by atoms with E-state index in [9.17, 15) is 22.8 Å². The number of nitrogens with one attached hydrogen (secondary N) is 3. The number of aromatic nitrogens is 4. The molecule has 0 saturated carbocycles. The Hall–Kier alpha value is -5.06. The third-order valence-corrected chi connectivity index (χ3v) is 5.19. The molecule has 0 fully saturated rings. The number of urea groups is 1. The molecule has 3 N–H and O–H groups in total. The second kappa shape index (κ2) is 9.29. The molecule has 0 aliphatic carbocycles. The Labute approximate surface area is 201 Å². The molecular formula is C25H15F3N6O2. The van der Waals surface area contributed by atoms with Gasteiger partial charge in [-0.1, -0.05) is 0 Å². The largest absolute Gasteiger partial charge is 0.323 e. The molecule has 3 aromatic carbocycles. The van der Waals surface area contributed by atoms with Crippen molar-refractivity contribution < 1.29 is 22.8 Å². The van der Waals surface area contributed by atoms with Gasteiger partial charge >= 0.3 is 6.03 Å². The van der Waals surface area contributed by atoms with Crippen LogP contribution in [0.25, 0.3) is 22.3 Å². The minimum atomic E-state index is -1.14. The molecule has 0 atom stereocenters. The average molecular weight is 488 g/mol. The highest BCUT2D eigenvalue weighted by molar-refractivity contribution is 6.11. The highest BCUT2D eigenvalue weighted by Gasteiger charge is 2.15. The summed E-state index contributed by atoms with van der Waals surface area (Å²) in [6.45, 7) is 0. The molecule has 2 aromatic heterocycles. The van der Waals surface area contributed by atoms with Crippen LogP contribution in [0.5, 0.6) is 0 Å². The van der Waals surface area contributed by atoms with E-state index in [1.54, 1.807) is 36.8 Å². The fraction of sp³-hybridized carbons (Fsp3) is 0. The second-order valence-electron chi connectivity index (χ2n) is 7.71. The lowest BCUT2D eigenvalue weighted by Crippen LogP contribution is -2.20. The Morgan fingerprint density at radius 2 is 1.61 bits per heavy atom. The van der Waals surface area contributed by atoms with Crippen LogP contribution >= 0.6 is 0 Å². The summed E-state index contributed by atoms with van der Waals surface area (Å²) in [5, 5.41) is 11.3. The van der Waals surface area contributed by atoms with E-state index >= 15 is 0 Å². The summed E-state index contributed by atoms with van der Waals surface area (Å²) in [5.41, 5.74) is 2.51. The smallest absolute Gasteiger partial charge is 0.308 e. The van der Waals surface area contributed by atoms with Gasteiger partial charge in [0.15, 0.2) is 17.4 Å². The number of anilines is 2. The van der Waals surface area contributed by atoms with Crippen LogP contribution in [0.4, 0.5) is 29.3 Å². The molecule has 0 saturated heterocycles. The zero-order valence-corrected chi connectivity index (χ0v) is 18.2. The fourth-order valence-corrected chi connectivity index (χ4v) is 3.51. The first-order valence-corrected chi connectivity index (χ1v) is 10.5. The van der Waals surface area contributed by atoms with Gasteiger partial charge in [-0.2, -0.15) is 5.10 Å². The Morgan fingerprint density at radius 3 is 2.39 bits per heavy atom. The Balaban J connectivity index is 1.38. The molecule has 0 spiro atoms. The number of hydrogen-bond donors (Lipinski definition) is 3. The molecule has 0 aliphatic rings. The molecule has 11 heteroatoms. The van der Waals surface area contributed by atoms with E-state index in [-0.39, 0.29) is 22.5 Å². The van der Waals surface area contributed by atoms with Crippen LogP contribution in [0.2, 0.25) is 0 Å². The topological polar surface area (TPSA) is 113 Å². The van der Waals surface area contributed by atoms with E-state index in [1.165, 1.54) is 12.1 Å². The number of fused-ring (bicyclic) bond motifs is 1. The number of benzene rings is 3. The van der Waals surface area contributed by atoms with Crippen molar-refractivity contribution in [2.24, 2.45) is 0 Å². The van der Waals surface area contributed by atoms with Crippen molar-refractivity contribution in [2.75, 3.05) is 10.6 Å². The SMILES string of the molecule is O=C(Nc1cc(F)cc(C(=O)c2ccc3ncc(-c4cn[nH]c4)nc3c2)c1)Nc1ccc(F)c(F)c1. The summed E-state index contributed by atoms with van der Waals surface area (Å²) in [5.74, 6) is -3.46. The van der Waals surface area contributed by atoms with Gasteiger partial charge in [-0.3, -0.25) is 14.9 Å². The molecule has 8 nitrogen and oxygen atoms in total. The van der Waals surface area contributed by atoms with E-state index in [0.717, 1.165) is 29.8 Å². The molecule has 5 aromatic rings. The van der Waals surface area contributed by atoms with Crippen molar-refractivity contribution in [1.29, 1.82) is 0 Å². The quantitative estimate of drug-likeness (QED) is 0.290. The van der Waals surface area contributed by atoms with Gasteiger partial charge in [-0.25, -0.2) is 22.9 Å². The first kappa shape index (κ1) is 22.7. The normalized spacial score (nSPS) is 10.9. The molecule has 36 heavy (non-hydrogen) atoms. The number of hydrogen-bond acceptors (Lipinski definition) is 5. The van der Waals surface area contributed by atoms with Gasteiger partial charge in [0.2, 0.25) is 0 Å². The number of nitrogens with zero attached hydrogens (tertiary/aromatic N) is 3. The number of rotatable bonds is 5. The van der Waals surface area contributed by atoms with Gasteiger partial charge in [0, 0.05) is 40.3 Å². The maximum absolute atomic E-state index is 14.3. The number of ketones is 1. The van der Waals surface area contributed by atoms with Crippen molar-refractivity contribution in [3.05, 3.63) is 102 Å². The average Bonchev–Trinajstić information content (AvgIpc) is 3.40. The fourth-order valence-electron chi connectivity index (χ4n) is 3.51. The monoisotopic (exact) mass is 488 g/mol. The summed E-state index contributed by atoms with van der Waals surface area (Å²) in [7, 11) is 0. The van der Waals surface area contributed by atoms with Crippen molar-refractivity contribution in [1.82, 2.24) is 20.2 Å². The van der Waals surface area contributed by atoms with E-state index in [2.05, 4.69) is 30.8 Å². The van der Waals surface area contributed by atoms with E-state index in [1.807, 2.05) is 0 Å². The second-order valence-corrected chi connectivity index (χ2v) is 7.71. The van der Waals surface area contributed by atoms with Gasteiger partial charge in [-0.05, 0) is 48.5 Å². The van der Waals surface area contributed by atoms with Crippen LogP contribution in [0.15, 0.2) is 73.2 Å². The molecular weight excluding hydrogens is 473 g/mol. The minimum Gasteiger partial charge on any atom is -0.308 e. The van der Waals surface area contributed by atoms with Gasteiger partial charge < -0.3 is 10.6 Å². The van der Waals surface area contributed by atoms with Crippen molar-refractivity contribution in [3.8, 4) is 11.3 Å². The number of carbonyl (C=O) groups excluding carboxylic acids is 2. The molecule has 178 valence electrons. The van der Waals surface area contributed by atoms with Crippen molar-refractivity contribution in [3.63, 3.8) is 0 Å². The molecule has 0 unspecified atom stereocenters. The van der Waals surface area contributed by atoms with E-state index < -0.39 is 29.3 Å². The highest BCUT2D eigenvalue weighted by atomic mass is 19.2. The predicted octanol–water partition coefficient (Wildman–Crippen LogP) is 5.31. The zero-order chi connectivity index (χ0) is 25.2. The van der Waals surface area contributed by atoms with Crippen LogP contribution < -0.4 is 10.6 Å². The van der Waals surface area contributed by atoms with Gasteiger partial charge in [-0.15, -0.1) is 0 Å². The predicted molar refractivity (Wildman–Crippen MR) is 126 cm³/mol. The molecule has 0 bridgehead atoms. The van der Waals surface area contributed by atoms with Crippen LogP contribution in [0.3, 0.4) is 0 Å². The first-order chi connectivity index (χ1) is 17.4. The summed E-state index contributed by atoms with van der Waals surface area (Å²) < 4.78 is 40.7. The van der Waals surface area contributed by atoms with Crippen LogP contribution in [-0.2, 0) is 0 Å². The third-order valence-electron chi connectivity index (χ3n) is 5.19. The lowest BCUT2D eigenvalue weighted by atomic mass is 10.0. The Bertz CT molecular complexity index is 1620. The molecule has 5 rings (SSSR count). The summed E-state index contributed by atoms with van der Waals surface area (Å²) in [4.78, 5) is 34.2. The minimum absolute atomic E-state index is 0.00818. The van der Waals surface area contributed by atoms with Gasteiger partial charge in [0.25, 0.3) is 0 Å². The van der Waals surface area contributed by atoms with Crippen LogP contribution in [0.1, 0.15) is 15.9 Å². The highest BCUT2D eigenvalue weighted by Crippen LogP contribution is 2.22. The lowest BCUT2D eigenvalue weighted by Gasteiger charge is -2.10.